The number of amides is 1. The second-order valence-corrected chi connectivity index (χ2v) is 17.1. The van der Waals surface area contributed by atoms with Crippen molar-refractivity contribution in [2.75, 3.05) is 6.54 Å². The number of ether oxygens (including phenoxy) is 1. The van der Waals surface area contributed by atoms with Gasteiger partial charge < -0.3 is 15.2 Å². The highest BCUT2D eigenvalue weighted by Gasteiger charge is 2.60. The maximum atomic E-state index is 12.8. The molecule has 0 aliphatic heterocycles. The van der Waals surface area contributed by atoms with Crippen molar-refractivity contribution in [3.8, 4) is 0 Å². The van der Waals surface area contributed by atoms with Crippen LogP contribution in [0.25, 0.3) is 0 Å². The lowest BCUT2D eigenvalue weighted by Crippen LogP contribution is -2.54. The second-order valence-electron chi connectivity index (χ2n) is 17.1. The molecule has 0 spiro atoms. The molecule has 4 saturated carbocycles. The third kappa shape index (κ3) is 11.8. The molecule has 52 heavy (non-hydrogen) atoms. The summed E-state index contributed by atoms with van der Waals surface area (Å²) in [6, 6.07) is 0. The van der Waals surface area contributed by atoms with Crippen molar-refractivity contribution in [2.45, 2.75) is 156 Å². The van der Waals surface area contributed by atoms with Crippen LogP contribution in [0.1, 0.15) is 150 Å². The Hall–Kier alpha value is -2.89. The van der Waals surface area contributed by atoms with Gasteiger partial charge in [-0.05, 0) is 155 Å². The molecule has 0 bridgehead atoms. The molecule has 0 heterocycles. The van der Waals surface area contributed by atoms with Gasteiger partial charge in [-0.25, -0.2) is 0 Å². The summed E-state index contributed by atoms with van der Waals surface area (Å²) in [5.41, 5.74) is 0.679. The lowest BCUT2D eigenvalue weighted by Gasteiger charge is -2.61. The van der Waals surface area contributed by atoms with Gasteiger partial charge in [0.1, 0.15) is 12.6 Å². The van der Waals surface area contributed by atoms with Gasteiger partial charge in [-0.2, -0.15) is 0 Å². The quantitative estimate of drug-likeness (QED) is 0.0743. The first-order valence-electron chi connectivity index (χ1n) is 21.0. The minimum Gasteiger partial charge on any atom is -0.480 e. The Bertz CT molecular complexity index is 1300. The molecule has 0 aromatic rings. The maximum Gasteiger partial charge on any atom is 0.322 e. The van der Waals surface area contributed by atoms with Crippen LogP contribution in [0.4, 0.5) is 0 Å². The number of esters is 1. The first-order valence-corrected chi connectivity index (χ1v) is 21.0. The molecule has 9 unspecified atom stereocenters. The van der Waals surface area contributed by atoms with Crippen molar-refractivity contribution in [2.24, 2.45) is 46.3 Å². The summed E-state index contributed by atoms with van der Waals surface area (Å²) in [7, 11) is 0. The van der Waals surface area contributed by atoms with Crippen molar-refractivity contribution < 1.29 is 24.2 Å². The smallest absolute Gasteiger partial charge is 0.322 e. The third-order valence-corrected chi connectivity index (χ3v) is 13.8. The predicted octanol–water partition coefficient (Wildman–Crippen LogP) is 11.1. The number of carbonyl (C=O) groups excluding carboxylic acids is 2. The summed E-state index contributed by atoms with van der Waals surface area (Å²) in [4.78, 5) is 35.9. The maximum absolute atomic E-state index is 12.8. The number of carbonyl (C=O) groups is 3. The Labute approximate surface area is 316 Å². The fourth-order valence-corrected chi connectivity index (χ4v) is 11.1. The number of carboxylic acids is 1. The average Bonchev–Trinajstić information content (AvgIpc) is 3.48. The highest BCUT2D eigenvalue weighted by Crippen LogP contribution is 2.68. The van der Waals surface area contributed by atoms with E-state index in [1.54, 1.807) is 0 Å². The fraction of sp³-hybridized carbons (Fsp3) is 0.717. The van der Waals surface area contributed by atoms with Crippen LogP contribution in [-0.4, -0.2) is 35.6 Å². The largest absolute Gasteiger partial charge is 0.480 e. The van der Waals surface area contributed by atoms with Crippen LogP contribution in [0.2, 0.25) is 0 Å². The van der Waals surface area contributed by atoms with E-state index >= 15 is 0 Å². The van der Waals surface area contributed by atoms with Crippen molar-refractivity contribution >= 4 is 17.8 Å². The summed E-state index contributed by atoms with van der Waals surface area (Å²) < 4.78 is 6.10. The van der Waals surface area contributed by atoms with Gasteiger partial charge in [0.05, 0.1) is 0 Å². The lowest BCUT2D eigenvalue weighted by molar-refractivity contribution is -0.162. The SMILES string of the molecule is CC/C=C\C/C=C\C/C=C\C/C=C\C/C=C\CCCC(=O)OC1CCC2(C)C(CCC3C2CCC2(C)C(C(C)CCC(=O)NCC(=O)O)CCC32)C1. The van der Waals surface area contributed by atoms with Gasteiger partial charge in [0.15, 0.2) is 0 Å². The molecular weight excluding hydrogens is 647 g/mol. The molecule has 1 amide bonds. The zero-order valence-electron chi connectivity index (χ0n) is 33.0. The normalized spacial score (nSPS) is 32.4. The van der Waals surface area contributed by atoms with Gasteiger partial charge in [-0.1, -0.05) is 88.5 Å². The number of fused-ring (bicyclic) bond motifs is 5. The molecule has 2 N–H and O–H groups in total. The Morgan fingerprint density at radius 3 is 2.04 bits per heavy atom. The van der Waals surface area contributed by atoms with Gasteiger partial charge in [0.25, 0.3) is 0 Å². The highest BCUT2D eigenvalue weighted by molar-refractivity contribution is 5.81. The number of nitrogens with one attached hydrogen (secondary N) is 1. The zero-order chi connectivity index (χ0) is 37.4. The summed E-state index contributed by atoms with van der Waals surface area (Å²) in [6.07, 6.45) is 41.6. The summed E-state index contributed by atoms with van der Waals surface area (Å²) in [6.45, 7) is 9.31. The third-order valence-electron chi connectivity index (χ3n) is 13.8. The molecule has 0 aromatic carbocycles. The molecule has 9 atom stereocenters. The molecular formula is C46H71NO5. The Morgan fingerprint density at radius 1 is 0.769 bits per heavy atom. The van der Waals surface area contributed by atoms with Crippen LogP contribution in [-0.2, 0) is 19.1 Å². The Morgan fingerprint density at radius 2 is 1.38 bits per heavy atom. The van der Waals surface area contributed by atoms with Crippen molar-refractivity contribution in [1.82, 2.24) is 5.32 Å². The highest BCUT2D eigenvalue weighted by atomic mass is 16.5. The van der Waals surface area contributed by atoms with E-state index in [-0.39, 0.29) is 24.5 Å². The van der Waals surface area contributed by atoms with Crippen LogP contribution < -0.4 is 5.32 Å². The molecule has 4 fully saturated rings. The molecule has 0 saturated heterocycles. The van der Waals surface area contributed by atoms with E-state index in [0.29, 0.717) is 41.4 Å². The molecule has 0 aromatic heterocycles. The summed E-state index contributed by atoms with van der Waals surface area (Å²) >= 11 is 0. The molecule has 4 aliphatic carbocycles. The van der Waals surface area contributed by atoms with E-state index in [1.165, 1.54) is 44.9 Å². The topological polar surface area (TPSA) is 92.7 Å². The van der Waals surface area contributed by atoms with E-state index in [9.17, 15) is 14.4 Å². The van der Waals surface area contributed by atoms with E-state index < -0.39 is 5.97 Å². The van der Waals surface area contributed by atoms with Crippen LogP contribution >= 0.6 is 0 Å². The first kappa shape index (κ1) is 41.9. The summed E-state index contributed by atoms with van der Waals surface area (Å²) in [5, 5.41) is 11.4. The molecule has 6 heteroatoms. The number of unbranched alkanes of at least 4 members (excludes halogenated alkanes) is 1. The number of aliphatic carboxylic acids is 1. The van der Waals surface area contributed by atoms with Gasteiger partial charge >= 0.3 is 11.9 Å². The fourth-order valence-electron chi connectivity index (χ4n) is 11.1. The molecule has 4 aliphatic rings. The average molecular weight is 718 g/mol. The van der Waals surface area contributed by atoms with Gasteiger partial charge in [-0.3, -0.25) is 14.4 Å². The van der Waals surface area contributed by atoms with Crippen LogP contribution in [0.5, 0.6) is 0 Å². The number of carboxylic acid groups (broad SMARTS) is 1. The van der Waals surface area contributed by atoms with Crippen molar-refractivity contribution in [1.29, 1.82) is 0 Å². The van der Waals surface area contributed by atoms with Gasteiger partial charge in [0.2, 0.25) is 5.91 Å². The molecule has 0 radical (unpaired) electrons. The lowest BCUT2D eigenvalue weighted by atomic mass is 9.44. The first-order chi connectivity index (χ1) is 25.1. The number of rotatable bonds is 20. The van der Waals surface area contributed by atoms with Crippen LogP contribution in [0, 0.1) is 46.3 Å². The Kier molecular flexibility index (Phi) is 17.0. The number of hydrogen-bond donors (Lipinski definition) is 2. The standard InChI is InChI=1S/C46H71NO5/c1-5-6-7-8-9-10-11-12-13-14-15-16-17-18-19-20-21-22-44(51)52-37-29-31-45(3)36(33-37)24-25-38-40-27-26-39(46(40,4)32-30-41(38)45)35(2)23-28-42(48)47-34-43(49)50/h6-7,9-10,12-13,15-16,18-19,35-41H,5,8,11,14,17,20-34H2,1-4H3,(H,47,48)(H,49,50)/b7-6-,10-9-,13-12-,16-15-,19-18-. The molecule has 290 valence electrons. The van der Waals surface area contributed by atoms with E-state index in [2.05, 4.69) is 93.8 Å². The molecule has 4 rings (SSSR count). The van der Waals surface area contributed by atoms with E-state index in [4.69, 9.17) is 9.84 Å². The van der Waals surface area contributed by atoms with Crippen LogP contribution in [0.15, 0.2) is 60.8 Å². The van der Waals surface area contributed by atoms with Gasteiger partial charge in [0, 0.05) is 12.8 Å². The number of hydrogen-bond acceptors (Lipinski definition) is 4. The predicted molar refractivity (Wildman–Crippen MR) is 212 cm³/mol. The van der Waals surface area contributed by atoms with Gasteiger partial charge in [-0.15, -0.1) is 0 Å². The number of allylic oxidation sites excluding steroid dienone is 10. The minimum absolute atomic E-state index is 0.0199. The zero-order valence-corrected chi connectivity index (χ0v) is 33.0. The van der Waals surface area contributed by atoms with E-state index in [0.717, 1.165) is 82.0 Å². The van der Waals surface area contributed by atoms with Crippen molar-refractivity contribution in [3.63, 3.8) is 0 Å². The van der Waals surface area contributed by atoms with Crippen molar-refractivity contribution in [3.05, 3.63) is 60.8 Å². The monoisotopic (exact) mass is 718 g/mol. The minimum atomic E-state index is -0.994. The molecule has 6 nitrogen and oxygen atoms in total. The van der Waals surface area contributed by atoms with Crippen LogP contribution in [0.3, 0.4) is 0 Å². The second kappa shape index (κ2) is 21.1. The summed E-state index contributed by atoms with van der Waals surface area (Å²) in [5.74, 6) is 2.89. The van der Waals surface area contributed by atoms with E-state index in [1.807, 2.05) is 0 Å². The Balaban J connectivity index is 1.12.